The summed E-state index contributed by atoms with van der Waals surface area (Å²) in [6.45, 7) is 15.1. The van der Waals surface area contributed by atoms with Gasteiger partial charge >= 0.3 is 0 Å². The van der Waals surface area contributed by atoms with Gasteiger partial charge in [0.15, 0.2) is 0 Å². The molecule has 3 atom stereocenters. The molecule has 3 aliphatic rings. The number of likely N-dealkylation sites (tertiary alicyclic amines) is 1. The summed E-state index contributed by atoms with van der Waals surface area (Å²) in [5.74, 6) is 0.915. The minimum absolute atomic E-state index is 0.731. The van der Waals surface area contributed by atoms with Gasteiger partial charge in [0.25, 0.3) is 0 Å². The minimum Gasteiger partial charge on any atom is -0.301 e. The zero-order valence-electron chi connectivity index (χ0n) is 13.0. The third-order valence-corrected chi connectivity index (χ3v) is 5.61. The van der Waals surface area contributed by atoms with Crippen molar-refractivity contribution in [2.24, 2.45) is 5.92 Å². The zero-order valence-corrected chi connectivity index (χ0v) is 13.0. The molecule has 0 amide bonds. The van der Waals surface area contributed by atoms with Crippen molar-refractivity contribution < 1.29 is 0 Å². The highest BCUT2D eigenvalue weighted by atomic mass is 15.3. The number of hydrogen-bond donors (Lipinski definition) is 0. The van der Waals surface area contributed by atoms with Crippen LogP contribution in [0.4, 0.5) is 0 Å². The zero-order chi connectivity index (χ0) is 13.4. The topological polar surface area (TPSA) is 9.72 Å². The Kier molecular flexibility index (Phi) is 4.16. The molecule has 0 aliphatic carbocycles. The second-order valence-corrected chi connectivity index (χ2v) is 7.34. The Morgan fingerprint density at radius 2 is 1.89 bits per heavy atom. The maximum atomic E-state index is 2.79. The Balaban J connectivity index is 1.52. The summed E-state index contributed by atoms with van der Waals surface area (Å²) >= 11 is 0. The van der Waals surface area contributed by atoms with Gasteiger partial charge in [0.1, 0.15) is 0 Å². The first-order valence-electron chi connectivity index (χ1n) is 8.35. The van der Waals surface area contributed by atoms with Crippen LogP contribution >= 0.6 is 0 Å². The van der Waals surface area contributed by atoms with Gasteiger partial charge in [-0.1, -0.05) is 0 Å². The highest BCUT2D eigenvalue weighted by molar-refractivity contribution is 4.92. The second kappa shape index (κ2) is 5.71. The van der Waals surface area contributed by atoms with E-state index in [0.29, 0.717) is 0 Å². The SMILES string of the molecule is CC(C)N1CCC(CN2CC3CCCN3CC2C)C1. The van der Waals surface area contributed by atoms with E-state index in [1.807, 2.05) is 0 Å². The van der Waals surface area contributed by atoms with Crippen LogP contribution in [-0.4, -0.2) is 72.1 Å². The molecule has 3 unspecified atom stereocenters. The first-order valence-corrected chi connectivity index (χ1v) is 8.35. The molecule has 3 heteroatoms. The Morgan fingerprint density at radius 1 is 1.05 bits per heavy atom. The van der Waals surface area contributed by atoms with Gasteiger partial charge in [0, 0.05) is 44.3 Å². The van der Waals surface area contributed by atoms with Crippen molar-refractivity contribution in [3.63, 3.8) is 0 Å². The number of fused-ring (bicyclic) bond motifs is 1. The maximum Gasteiger partial charge on any atom is 0.0224 e. The molecular weight excluding hydrogens is 234 g/mol. The quantitative estimate of drug-likeness (QED) is 0.771. The molecule has 110 valence electrons. The number of piperazine rings is 1. The fourth-order valence-electron chi connectivity index (χ4n) is 4.31. The molecule has 0 aromatic carbocycles. The summed E-state index contributed by atoms with van der Waals surface area (Å²) in [5.41, 5.74) is 0. The molecule has 3 aliphatic heterocycles. The van der Waals surface area contributed by atoms with E-state index in [2.05, 4.69) is 35.5 Å². The molecule has 0 radical (unpaired) electrons. The van der Waals surface area contributed by atoms with Crippen molar-refractivity contribution in [2.45, 2.75) is 58.2 Å². The third kappa shape index (κ3) is 2.98. The molecule has 3 saturated heterocycles. The molecule has 0 spiro atoms. The lowest BCUT2D eigenvalue weighted by atomic mass is 10.0. The van der Waals surface area contributed by atoms with E-state index >= 15 is 0 Å². The van der Waals surface area contributed by atoms with E-state index in [1.54, 1.807) is 0 Å². The Hall–Kier alpha value is -0.120. The molecule has 3 fully saturated rings. The standard InChI is InChI=1S/C16H31N3/c1-13(2)17-8-6-15(10-17)11-19-12-16-5-4-7-18(16)9-14(19)3/h13-16H,4-12H2,1-3H3. The number of hydrogen-bond acceptors (Lipinski definition) is 3. The van der Waals surface area contributed by atoms with Crippen LogP contribution in [-0.2, 0) is 0 Å². The van der Waals surface area contributed by atoms with E-state index in [9.17, 15) is 0 Å². The van der Waals surface area contributed by atoms with Crippen LogP contribution in [0.2, 0.25) is 0 Å². The lowest BCUT2D eigenvalue weighted by molar-refractivity contribution is 0.0485. The third-order valence-electron chi connectivity index (χ3n) is 5.61. The lowest BCUT2D eigenvalue weighted by Gasteiger charge is -2.43. The van der Waals surface area contributed by atoms with Crippen molar-refractivity contribution in [3.8, 4) is 0 Å². The van der Waals surface area contributed by atoms with E-state index in [0.717, 1.165) is 24.0 Å². The van der Waals surface area contributed by atoms with Gasteiger partial charge in [-0.05, 0) is 59.0 Å². The summed E-state index contributed by atoms with van der Waals surface area (Å²) in [6, 6.07) is 2.37. The molecule has 0 saturated carbocycles. The van der Waals surface area contributed by atoms with Gasteiger partial charge in [-0.15, -0.1) is 0 Å². The predicted octanol–water partition coefficient (Wildman–Crippen LogP) is 1.89. The Labute approximate surface area is 118 Å². The van der Waals surface area contributed by atoms with E-state index in [4.69, 9.17) is 0 Å². The normalized spacial score (nSPS) is 38.2. The largest absolute Gasteiger partial charge is 0.301 e. The van der Waals surface area contributed by atoms with E-state index < -0.39 is 0 Å². The average molecular weight is 265 g/mol. The van der Waals surface area contributed by atoms with Gasteiger partial charge < -0.3 is 4.90 Å². The van der Waals surface area contributed by atoms with Crippen molar-refractivity contribution >= 4 is 0 Å². The van der Waals surface area contributed by atoms with Crippen molar-refractivity contribution in [1.29, 1.82) is 0 Å². The summed E-state index contributed by atoms with van der Waals surface area (Å²) in [7, 11) is 0. The predicted molar refractivity (Wildman–Crippen MR) is 80.4 cm³/mol. The molecule has 0 bridgehead atoms. The van der Waals surface area contributed by atoms with Crippen LogP contribution in [0.5, 0.6) is 0 Å². The van der Waals surface area contributed by atoms with Gasteiger partial charge in [-0.25, -0.2) is 0 Å². The molecule has 19 heavy (non-hydrogen) atoms. The summed E-state index contributed by atoms with van der Waals surface area (Å²) in [5, 5.41) is 0. The summed E-state index contributed by atoms with van der Waals surface area (Å²) in [6.07, 6.45) is 4.28. The van der Waals surface area contributed by atoms with E-state index in [-0.39, 0.29) is 0 Å². The van der Waals surface area contributed by atoms with Crippen LogP contribution in [0.25, 0.3) is 0 Å². The second-order valence-electron chi connectivity index (χ2n) is 7.34. The fraction of sp³-hybridized carbons (Fsp3) is 1.00. The van der Waals surface area contributed by atoms with Gasteiger partial charge in [-0.3, -0.25) is 9.80 Å². The Bertz CT molecular complexity index is 304. The van der Waals surface area contributed by atoms with Crippen molar-refractivity contribution in [2.75, 3.05) is 39.3 Å². The molecule has 3 heterocycles. The lowest BCUT2D eigenvalue weighted by Crippen LogP contribution is -2.56. The first-order chi connectivity index (χ1) is 9.13. The maximum absolute atomic E-state index is 2.79. The first kappa shape index (κ1) is 13.8. The highest BCUT2D eigenvalue weighted by Crippen LogP contribution is 2.27. The van der Waals surface area contributed by atoms with Gasteiger partial charge in [0.2, 0.25) is 0 Å². The Morgan fingerprint density at radius 3 is 2.63 bits per heavy atom. The molecule has 0 N–H and O–H groups in total. The van der Waals surface area contributed by atoms with Crippen LogP contribution in [0.1, 0.15) is 40.0 Å². The monoisotopic (exact) mass is 265 g/mol. The van der Waals surface area contributed by atoms with Gasteiger partial charge in [-0.2, -0.15) is 0 Å². The average Bonchev–Trinajstić information content (AvgIpc) is 2.98. The van der Waals surface area contributed by atoms with Crippen molar-refractivity contribution in [3.05, 3.63) is 0 Å². The van der Waals surface area contributed by atoms with Crippen molar-refractivity contribution in [1.82, 2.24) is 14.7 Å². The summed E-state index contributed by atoms with van der Waals surface area (Å²) in [4.78, 5) is 8.18. The summed E-state index contributed by atoms with van der Waals surface area (Å²) < 4.78 is 0. The number of rotatable bonds is 3. The van der Waals surface area contributed by atoms with E-state index in [1.165, 1.54) is 58.5 Å². The van der Waals surface area contributed by atoms with Crippen LogP contribution in [0.15, 0.2) is 0 Å². The highest BCUT2D eigenvalue weighted by Gasteiger charge is 2.36. The molecule has 3 rings (SSSR count). The molecular formula is C16H31N3. The molecule has 0 aromatic rings. The number of nitrogens with zero attached hydrogens (tertiary/aromatic N) is 3. The van der Waals surface area contributed by atoms with Crippen LogP contribution in [0, 0.1) is 5.92 Å². The van der Waals surface area contributed by atoms with Crippen LogP contribution in [0.3, 0.4) is 0 Å². The van der Waals surface area contributed by atoms with Gasteiger partial charge in [0.05, 0.1) is 0 Å². The smallest absolute Gasteiger partial charge is 0.0224 e. The van der Waals surface area contributed by atoms with Crippen LogP contribution < -0.4 is 0 Å². The fourth-order valence-corrected chi connectivity index (χ4v) is 4.31. The minimum atomic E-state index is 0.731. The molecule has 0 aromatic heterocycles. The molecule has 3 nitrogen and oxygen atoms in total.